The predicted octanol–water partition coefficient (Wildman–Crippen LogP) is 1.85. The van der Waals surface area contributed by atoms with Gasteiger partial charge in [0, 0.05) is 30.9 Å². The van der Waals surface area contributed by atoms with Crippen LogP contribution in [0.2, 0.25) is 0 Å². The van der Waals surface area contributed by atoms with Crippen LogP contribution < -0.4 is 11.1 Å². The second kappa shape index (κ2) is 5.73. The first-order valence-corrected chi connectivity index (χ1v) is 6.35. The third-order valence-corrected chi connectivity index (χ3v) is 3.19. The van der Waals surface area contributed by atoms with E-state index in [1.54, 1.807) is 30.3 Å². The Balaban J connectivity index is 2.33. The van der Waals surface area contributed by atoms with Gasteiger partial charge in [-0.2, -0.15) is 0 Å². The molecule has 6 heteroatoms. The molecule has 1 amide bonds. The maximum absolute atomic E-state index is 14.0. The fourth-order valence-electron chi connectivity index (χ4n) is 1.88. The first-order valence-electron chi connectivity index (χ1n) is 6.35. The molecule has 2 rings (SSSR count). The Hall–Kier alpha value is -2.37. The average molecular weight is 276 g/mol. The molecule has 20 heavy (non-hydrogen) atoms. The van der Waals surface area contributed by atoms with Crippen molar-refractivity contribution in [2.24, 2.45) is 0 Å². The van der Waals surface area contributed by atoms with Gasteiger partial charge in [-0.1, -0.05) is 0 Å². The number of rotatable bonds is 4. The lowest BCUT2D eigenvalue weighted by molar-refractivity contribution is -0.127. The summed E-state index contributed by atoms with van der Waals surface area (Å²) in [6, 6.07) is 4.74. The first-order chi connectivity index (χ1) is 9.54. The van der Waals surface area contributed by atoms with Crippen LogP contribution >= 0.6 is 0 Å². The zero-order valence-corrected chi connectivity index (χ0v) is 11.5. The van der Waals surface area contributed by atoms with Gasteiger partial charge in [-0.05, 0) is 25.1 Å². The van der Waals surface area contributed by atoms with Crippen molar-refractivity contribution < 1.29 is 9.18 Å². The number of nitrogens with zero attached hydrogens (tertiary/aromatic N) is 2. The van der Waals surface area contributed by atoms with Gasteiger partial charge in [-0.25, -0.2) is 4.39 Å². The Bertz CT molecular complexity index is 644. The SMILES string of the molecule is CCN(C)C(=O)CNc1c(F)cc(N)c2cccnc12. The number of halogens is 1. The number of carbonyl (C=O) groups is 1. The Morgan fingerprint density at radius 3 is 3.00 bits per heavy atom. The molecule has 0 unspecified atom stereocenters. The third-order valence-electron chi connectivity index (χ3n) is 3.19. The monoisotopic (exact) mass is 276 g/mol. The minimum absolute atomic E-state index is 0.0108. The van der Waals surface area contributed by atoms with Crippen LogP contribution in [-0.2, 0) is 4.79 Å². The molecule has 2 aromatic rings. The number of amides is 1. The lowest BCUT2D eigenvalue weighted by atomic mass is 10.1. The molecule has 0 saturated carbocycles. The lowest BCUT2D eigenvalue weighted by Gasteiger charge is -2.16. The number of pyridine rings is 1. The van der Waals surface area contributed by atoms with E-state index in [0.717, 1.165) is 0 Å². The summed E-state index contributed by atoms with van der Waals surface area (Å²) in [5.41, 5.74) is 6.72. The highest BCUT2D eigenvalue weighted by atomic mass is 19.1. The van der Waals surface area contributed by atoms with Gasteiger partial charge in [0.05, 0.1) is 17.7 Å². The molecule has 0 aliphatic heterocycles. The van der Waals surface area contributed by atoms with E-state index < -0.39 is 5.82 Å². The molecule has 3 N–H and O–H groups in total. The summed E-state index contributed by atoms with van der Waals surface area (Å²) in [7, 11) is 1.69. The molecule has 0 spiro atoms. The number of fused-ring (bicyclic) bond motifs is 1. The lowest BCUT2D eigenvalue weighted by Crippen LogP contribution is -2.32. The van der Waals surface area contributed by atoms with Crippen molar-refractivity contribution in [2.75, 3.05) is 31.2 Å². The van der Waals surface area contributed by atoms with Gasteiger partial charge in [-0.15, -0.1) is 0 Å². The number of carbonyl (C=O) groups excluding carboxylic acids is 1. The molecule has 106 valence electrons. The molecular weight excluding hydrogens is 259 g/mol. The number of anilines is 2. The van der Waals surface area contributed by atoms with E-state index in [1.165, 1.54) is 6.07 Å². The molecule has 0 atom stereocenters. The highest BCUT2D eigenvalue weighted by molar-refractivity contribution is 5.99. The van der Waals surface area contributed by atoms with Crippen molar-refractivity contribution in [2.45, 2.75) is 6.92 Å². The summed E-state index contributed by atoms with van der Waals surface area (Å²) in [4.78, 5) is 17.4. The molecule has 1 heterocycles. The highest BCUT2D eigenvalue weighted by Crippen LogP contribution is 2.29. The van der Waals surface area contributed by atoms with Gasteiger partial charge in [0.1, 0.15) is 0 Å². The first kappa shape index (κ1) is 14.0. The fourth-order valence-corrected chi connectivity index (χ4v) is 1.88. The van der Waals surface area contributed by atoms with Crippen LogP contribution in [0.3, 0.4) is 0 Å². The van der Waals surface area contributed by atoms with Crippen molar-refractivity contribution in [1.29, 1.82) is 0 Å². The quantitative estimate of drug-likeness (QED) is 0.836. The normalized spacial score (nSPS) is 10.6. The highest BCUT2D eigenvalue weighted by Gasteiger charge is 2.13. The molecule has 0 saturated heterocycles. The standard InChI is InChI=1S/C14H17FN4O/c1-3-19(2)12(20)8-18-14-10(15)7-11(16)9-5-4-6-17-13(9)14/h4-7,18H,3,8,16H2,1-2H3. The van der Waals surface area contributed by atoms with Crippen LogP contribution in [0.15, 0.2) is 24.4 Å². The topological polar surface area (TPSA) is 71.2 Å². The Labute approximate surface area is 116 Å². The number of nitrogens with one attached hydrogen (secondary N) is 1. The number of nitrogens with two attached hydrogens (primary N) is 1. The van der Waals surface area contributed by atoms with Crippen LogP contribution in [-0.4, -0.2) is 35.9 Å². The largest absolute Gasteiger partial charge is 0.398 e. The van der Waals surface area contributed by atoms with Gasteiger partial charge >= 0.3 is 0 Å². The molecule has 0 aliphatic rings. The molecule has 1 aromatic heterocycles. The van der Waals surface area contributed by atoms with E-state index in [-0.39, 0.29) is 18.1 Å². The minimum atomic E-state index is -0.513. The zero-order chi connectivity index (χ0) is 14.7. The molecule has 0 fully saturated rings. The van der Waals surface area contributed by atoms with Crippen molar-refractivity contribution in [3.63, 3.8) is 0 Å². The number of likely N-dealkylation sites (N-methyl/N-ethyl adjacent to an activating group) is 1. The van der Waals surface area contributed by atoms with Crippen LogP contribution in [0, 0.1) is 5.82 Å². The van der Waals surface area contributed by atoms with Gasteiger partial charge < -0.3 is 16.0 Å². The zero-order valence-electron chi connectivity index (χ0n) is 11.5. The fraction of sp³-hybridized carbons (Fsp3) is 0.286. The molecule has 0 radical (unpaired) electrons. The van der Waals surface area contributed by atoms with Gasteiger partial charge in [-0.3, -0.25) is 9.78 Å². The van der Waals surface area contributed by atoms with Crippen LogP contribution in [0.4, 0.5) is 15.8 Å². The van der Waals surface area contributed by atoms with E-state index in [0.29, 0.717) is 23.1 Å². The molecular formula is C14H17FN4O. The molecule has 0 bridgehead atoms. The Morgan fingerprint density at radius 1 is 1.55 bits per heavy atom. The van der Waals surface area contributed by atoms with Gasteiger partial charge in [0.2, 0.25) is 5.91 Å². The van der Waals surface area contributed by atoms with Crippen molar-refractivity contribution in [3.8, 4) is 0 Å². The maximum atomic E-state index is 14.0. The van der Waals surface area contributed by atoms with Gasteiger partial charge in [0.25, 0.3) is 0 Å². The number of hydrogen-bond acceptors (Lipinski definition) is 4. The summed E-state index contributed by atoms with van der Waals surface area (Å²) in [5.74, 6) is -0.631. The van der Waals surface area contributed by atoms with Crippen LogP contribution in [0.1, 0.15) is 6.92 Å². The van der Waals surface area contributed by atoms with Crippen molar-refractivity contribution >= 4 is 28.2 Å². The van der Waals surface area contributed by atoms with Crippen molar-refractivity contribution in [1.82, 2.24) is 9.88 Å². The molecule has 5 nitrogen and oxygen atoms in total. The second-order valence-electron chi connectivity index (χ2n) is 4.48. The summed E-state index contributed by atoms with van der Waals surface area (Å²) in [6.07, 6.45) is 1.56. The Morgan fingerprint density at radius 2 is 2.30 bits per heavy atom. The smallest absolute Gasteiger partial charge is 0.241 e. The average Bonchev–Trinajstić information content (AvgIpc) is 2.45. The molecule has 0 aliphatic carbocycles. The van der Waals surface area contributed by atoms with Crippen LogP contribution in [0.25, 0.3) is 10.9 Å². The summed E-state index contributed by atoms with van der Waals surface area (Å²) < 4.78 is 14.0. The summed E-state index contributed by atoms with van der Waals surface area (Å²) in [5, 5.41) is 3.47. The number of aromatic nitrogens is 1. The second-order valence-corrected chi connectivity index (χ2v) is 4.48. The van der Waals surface area contributed by atoms with E-state index in [4.69, 9.17) is 5.73 Å². The van der Waals surface area contributed by atoms with Gasteiger partial charge in [0.15, 0.2) is 5.82 Å². The van der Waals surface area contributed by atoms with E-state index >= 15 is 0 Å². The third kappa shape index (κ3) is 2.64. The maximum Gasteiger partial charge on any atom is 0.241 e. The summed E-state index contributed by atoms with van der Waals surface area (Å²) >= 11 is 0. The summed E-state index contributed by atoms with van der Waals surface area (Å²) in [6.45, 7) is 2.49. The predicted molar refractivity (Wildman–Crippen MR) is 77.9 cm³/mol. The van der Waals surface area contributed by atoms with Crippen LogP contribution in [0.5, 0.6) is 0 Å². The number of hydrogen-bond donors (Lipinski definition) is 2. The van der Waals surface area contributed by atoms with E-state index in [1.807, 2.05) is 6.92 Å². The van der Waals surface area contributed by atoms with E-state index in [2.05, 4.69) is 10.3 Å². The molecule has 1 aromatic carbocycles. The number of benzene rings is 1. The van der Waals surface area contributed by atoms with Crippen molar-refractivity contribution in [3.05, 3.63) is 30.2 Å². The van der Waals surface area contributed by atoms with E-state index in [9.17, 15) is 9.18 Å². The number of nitrogen functional groups attached to an aromatic ring is 1. The minimum Gasteiger partial charge on any atom is -0.398 e. The Kier molecular flexibility index (Phi) is 4.02.